The van der Waals surface area contributed by atoms with E-state index in [4.69, 9.17) is 9.47 Å². The van der Waals surface area contributed by atoms with Gasteiger partial charge in [0.1, 0.15) is 6.61 Å². The topological polar surface area (TPSA) is 47.6 Å². The Morgan fingerprint density at radius 1 is 1.25 bits per heavy atom. The summed E-state index contributed by atoms with van der Waals surface area (Å²) < 4.78 is 10.3. The average molecular weight is 231 g/mol. The second-order valence-electron chi connectivity index (χ2n) is 3.88. The standard InChI is InChI=1S/C12H25NO3/c1-4-6-7-15-8-9-16-12(14)10-13-11(3)5-2/h11,13H,4-10H2,1-3H3. The van der Waals surface area contributed by atoms with Crippen LogP contribution in [0.2, 0.25) is 0 Å². The van der Waals surface area contributed by atoms with Gasteiger partial charge in [-0.25, -0.2) is 0 Å². The fourth-order valence-corrected chi connectivity index (χ4v) is 1.02. The number of ether oxygens (including phenoxy) is 2. The zero-order valence-electron chi connectivity index (χ0n) is 10.8. The molecule has 4 nitrogen and oxygen atoms in total. The van der Waals surface area contributed by atoms with Crippen molar-refractivity contribution in [2.75, 3.05) is 26.4 Å². The van der Waals surface area contributed by atoms with E-state index in [-0.39, 0.29) is 12.5 Å². The summed E-state index contributed by atoms with van der Waals surface area (Å²) in [5.74, 6) is -0.209. The maximum Gasteiger partial charge on any atom is 0.320 e. The molecule has 0 aromatic rings. The molecule has 0 aromatic heterocycles. The summed E-state index contributed by atoms with van der Waals surface area (Å²) in [6, 6.07) is 0.355. The van der Waals surface area contributed by atoms with Crippen LogP contribution < -0.4 is 5.32 Å². The lowest BCUT2D eigenvalue weighted by molar-refractivity contribution is -0.144. The molecule has 0 aliphatic heterocycles. The van der Waals surface area contributed by atoms with E-state index in [0.29, 0.717) is 19.3 Å². The molecule has 1 N–H and O–H groups in total. The number of rotatable bonds is 10. The van der Waals surface area contributed by atoms with Gasteiger partial charge in [-0.15, -0.1) is 0 Å². The van der Waals surface area contributed by atoms with Gasteiger partial charge in [-0.3, -0.25) is 4.79 Å². The highest BCUT2D eigenvalue weighted by Crippen LogP contribution is 1.89. The molecule has 0 aliphatic carbocycles. The summed E-state index contributed by atoms with van der Waals surface area (Å²) in [6.45, 7) is 8.11. The molecule has 0 fully saturated rings. The third-order valence-electron chi connectivity index (χ3n) is 2.34. The number of hydrogen-bond donors (Lipinski definition) is 1. The van der Waals surface area contributed by atoms with E-state index in [1.54, 1.807) is 0 Å². The first-order valence-electron chi connectivity index (χ1n) is 6.17. The van der Waals surface area contributed by atoms with Gasteiger partial charge in [-0.2, -0.15) is 0 Å². The maximum atomic E-state index is 11.2. The van der Waals surface area contributed by atoms with Crippen molar-refractivity contribution in [3.8, 4) is 0 Å². The lowest BCUT2D eigenvalue weighted by Crippen LogP contribution is -2.32. The number of unbranched alkanes of at least 4 members (excludes halogenated alkanes) is 1. The van der Waals surface area contributed by atoms with Gasteiger partial charge in [0.2, 0.25) is 0 Å². The first kappa shape index (κ1) is 15.4. The molecule has 0 saturated carbocycles. The second kappa shape index (κ2) is 10.9. The van der Waals surface area contributed by atoms with Crippen LogP contribution in [0.25, 0.3) is 0 Å². The van der Waals surface area contributed by atoms with Gasteiger partial charge in [0.25, 0.3) is 0 Å². The molecule has 0 heterocycles. The third kappa shape index (κ3) is 9.93. The molecule has 0 saturated heterocycles. The Bertz CT molecular complexity index is 174. The van der Waals surface area contributed by atoms with Crippen LogP contribution in [0.1, 0.15) is 40.0 Å². The van der Waals surface area contributed by atoms with Gasteiger partial charge in [-0.1, -0.05) is 20.3 Å². The monoisotopic (exact) mass is 231 g/mol. The van der Waals surface area contributed by atoms with Crippen LogP contribution in [0.4, 0.5) is 0 Å². The Morgan fingerprint density at radius 3 is 2.62 bits per heavy atom. The van der Waals surface area contributed by atoms with Crippen LogP contribution in [-0.4, -0.2) is 38.4 Å². The smallest absolute Gasteiger partial charge is 0.320 e. The zero-order valence-corrected chi connectivity index (χ0v) is 10.8. The minimum Gasteiger partial charge on any atom is -0.462 e. The highest BCUT2D eigenvalue weighted by Gasteiger charge is 2.04. The Balaban J connectivity index is 3.24. The van der Waals surface area contributed by atoms with Gasteiger partial charge in [-0.05, 0) is 19.8 Å². The number of nitrogens with one attached hydrogen (secondary N) is 1. The summed E-state index contributed by atoms with van der Waals surface area (Å²) in [5, 5.41) is 3.08. The lowest BCUT2D eigenvalue weighted by atomic mass is 10.3. The minimum atomic E-state index is -0.209. The van der Waals surface area contributed by atoms with E-state index in [1.165, 1.54) is 0 Å². The first-order valence-corrected chi connectivity index (χ1v) is 6.17. The molecule has 0 rings (SSSR count). The van der Waals surface area contributed by atoms with Crippen LogP contribution in [0, 0.1) is 0 Å². The molecule has 0 radical (unpaired) electrons. The van der Waals surface area contributed by atoms with Gasteiger partial charge >= 0.3 is 5.97 Å². The molecular formula is C12H25NO3. The van der Waals surface area contributed by atoms with Gasteiger partial charge < -0.3 is 14.8 Å². The summed E-state index contributed by atoms with van der Waals surface area (Å²) >= 11 is 0. The summed E-state index contributed by atoms with van der Waals surface area (Å²) in [6.07, 6.45) is 3.19. The molecule has 0 aromatic carbocycles. The Morgan fingerprint density at radius 2 is 2.00 bits per heavy atom. The first-order chi connectivity index (χ1) is 7.70. The van der Waals surface area contributed by atoms with Crippen LogP contribution in [0.15, 0.2) is 0 Å². The Hall–Kier alpha value is -0.610. The average Bonchev–Trinajstić information content (AvgIpc) is 2.30. The summed E-state index contributed by atoms with van der Waals surface area (Å²) in [5.41, 5.74) is 0. The second-order valence-corrected chi connectivity index (χ2v) is 3.88. The zero-order chi connectivity index (χ0) is 12.2. The summed E-state index contributed by atoms with van der Waals surface area (Å²) in [4.78, 5) is 11.2. The van der Waals surface area contributed by atoms with Crippen molar-refractivity contribution in [3.05, 3.63) is 0 Å². The normalized spacial score (nSPS) is 12.4. The van der Waals surface area contributed by atoms with E-state index >= 15 is 0 Å². The van der Waals surface area contributed by atoms with Gasteiger partial charge in [0.05, 0.1) is 13.2 Å². The van der Waals surface area contributed by atoms with Crippen molar-refractivity contribution in [1.29, 1.82) is 0 Å². The van der Waals surface area contributed by atoms with Gasteiger partial charge in [0, 0.05) is 12.6 Å². The fourth-order valence-electron chi connectivity index (χ4n) is 1.02. The largest absolute Gasteiger partial charge is 0.462 e. The van der Waals surface area contributed by atoms with Crippen molar-refractivity contribution in [1.82, 2.24) is 5.32 Å². The molecule has 4 heteroatoms. The molecule has 1 unspecified atom stereocenters. The van der Waals surface area contributed by atoms with Crippen LogP contribution in [0.3, 0.4) is 0 Å². The maximum absolute atomic E-state index is 11.2. The number of esters is 1. The predicted octanol–water partition coefficient (Wildman–Crippen LogP) is 1.73. The molecule has 16 heavy (non-hydrogen) atoms. The van der Waals surface area contributed by atoms with Gasteiger partial charge in [0.15, 0.2) is 0 Å². The Labute approximate surface area is 98.7 Å². The van der Waals surface area contributed by atoms with E-state index in [2.05, 4.69) is 19.2 Å². The van der Waals surface area contributed by atoms with Crippen molar-refractivity contribution in [2.45, 2.75) is 46.1 Å². The van der Waals surface area contributed by atoms with Crippen molar-refractivity contribution in [3.63, 3.8) is 0 Å². The van der Waals surface area contributed by atoms with Crippen molar-refractivity contribution >= 4 is 5.97 Å². The predicted molar refractivity (Wildman–Crippen MR) is 64.4 cm³/mol. The minimum absolute atomic E-state index is 0.209. The number of carbonyl (C=O) groups is 1. The highest BCUT2D eigenvalue weighted by atomic mass is 16.6. The van der Waals surface area contributed by atoms with E-state index in [0.717, 1.165) is 25.9 Å². The Kier molecular flexibility index (Phi) is 10.5. The molecule has 96 valence electrons. The molecule has 1 atom stereocenters. The van der Waals surface area contributed by atoms with E-state index in [9.17, 15) is 4.79 Å². The summed E-state index contributed by atoms with van der Waals surface area (Å²) in [7, 11) is 0. The quantitative estimate of drug-likeness (QED) is 0.459. The molecule has 0 aliphatic rings. The SMILES string of the molecule is CCCCOCCOC(=O)CNC(C)CC. The van der Waals surface area contributed by atoms with E-state index in [1.807, 2.05) is 6.92 Å². The van der Waals surface area contributed by atoms with Crippen LogP contribution in [-0.2, 0) is 14.3 Å². The third-order valence-corrected chi connectivity index (χ3v) is 2.34. The van der Waals surface area contributed by atoms with Crippen molar-refractivity contribution in [2.24, 2.45) is 0 Å². The van der Waals surface area contributed by atoms with Crippen LogP contribution >= 0.6 is 0 Å². The molecular weight excluding hydrogens is 206 g/mol. The number of carbonyl (C=O) groups excluding carboxylic acids is 1. The molecule has 0 bridgehead atoms. The lowest BCUT2D eigenvalue weighted by Gasteiger charge is -2.10. The fraction of sp³-hybridized carbons (Fsp3) is 0.917. The van der Waals surface area contributed by atoms with Crippen LogP contribution in [0.5, 0.6) is 0 Å². The number of hydrogen-bond acceptors (Lipinski definition) is 4. The highest BCUT2D eigenvalue weighted by molar-refractivity contribution is 5.71. The molecule has 0 spiro atoms. The van der Waals surface area contributed by atoms with E-state index < -0.39 is 0 Å². The van der Waals surface area contributed by atoms with Crippen molar-refractivity contribution < 1.29 is 14.3 Å². The molecule has 0 amide bonds.